The van der Waals surface area contributed by atoms with Crippen molar-refractivity contribution < 1.29 is 9.59 Å². The highest BCUT2D eigenvalue weighted by Gasteiger charge is 2.14. The van der Waals surface area contributed by atoms with E-state index in [1.165, 1.54) is 6.92 Å². The Balaban J connectivity index is 1.98. The summed E-state index contributed by atoms with van der Waals surface area (Å²) in [6, 6.07) is 6.64. The van der Waals surface area contributed by atoms with Gasteiger partial charge in [-0.1, -0.05) is 20.8 Å². The molecule has 6 heteroatoms. The minimum absolute atomic E-state index is 0.00593. The molecule has 0 saturated heterocycles. The molecule has 2 rings (SSSR count). The number of aryl methyl sites for hydroxylation is 1. The highest BCUT2D eigenvalue weighted by atomic mass is 16.2. The van der Waals surface area contributed by atoms with Crippen LogP contribution < -0.4 is 10.6 Å². The number of hydrogen-bond acceptors (Lipinski definition) is 3. The predicted molar refractivity (Wildman–Crippen MR) is 95.6 cm³/mol. The van der Waals surface area contributed by atoms with E-state index in [-0.39, 0.29) is 17.2 Å². The van der Waals surface area contributed by atoms with Crippen LogP contribution in [0, 0.1) is 12.3 Å². The van der Waals surface area contributed by atoms with Crippen LogP contribution in [0.4, 0.5) is 16.3 Å². The molecular formula is C18H24N4O2. The van der Waals surface area contributed by atoms with Gasteiger partial charge in [-0.2, -0.15) is 5.10 Å². The van der Waals surface area contributed by atoms with Gasteiger partial charge < -0.3 is 5.32 Å². The van der Waals surface area contributed by atoms with E-state index in [1.54, 1.807) is 18.2 Å². The van der Waals surface area contributed by atoms with Crippen LogP contribution in [0.3, 0.4) is 0 Å². The number of Topliss-reactive ketones (excluding diaryl/α,β-unsaturated/α-hetero) is 1. The molecule has 0 bridgehead atoms. The summed E-state index contributed by atoms with van der Waals surface area (Å²) in [5, 5.41) is 12.5. The van der Waals surface area contributed by atoms with Crippen molar-refractivity contribution in [2.45, 2.75) is 41.0 Å². The number of ketones is 1. The van der Waals surface area contributed by atoms with E-state index >= 15 is 0 Å². The summed E-state index contributed by atoms with van der Waals surface area (Å²) in [5.74, 6) is 0.482. The summed E-state index contributed by atoms with van der Waals surface area (Å²) in [6.45, 7) is 9.78. The molecule has 0 atom stereocenters. The van der Waals surface area contributed by atoms with Gasteiger partial charge in [0, 0.05) is 23.0 Å². The Bertz CT molecular complexity index is 757. The average Bonchev–Trinajstić information content (AvgIpc) is 2.82. The van der Waals surface area contributed by atoms with Crippen LogP contribution in [0.1, 0.15) is 49.3 Å². The van der Waals surface area contributed by atoms with E-state index in [0.29, 0.717) is 17.1 Å². The highest BCUT2D eigenvalue weighted by Crippen LogP contribution is 2.21. The Morgan fingerprint density at radius 1 is 1.17 bits per heavy atom. The average molecular weight is 328 g/mol. The van der Waals surface area contributed by atoms with Gasteiger partial charge in [0.05, 0.1) is 0 Å². The first-order valence-corrected chi connectivity index (χ1v) is 7.88. The maximum absolute atomic E-state index is 12.1. The molecule has 1 heterocycles. The lowest BCUT2D eigenvalue weighted by atomic mass is 9.91. The Kier molecular flexibility index (Phi) is 5.07. The molecule has 0 saturated carbocycles. The molecule has 24 heavy (non-hydrogen) atoms. The normalized spacial score (nSPS) is 11.2. The van der Waals surface area contributed by atoms with Gasteiger partial charge in [-0.15, -0.1) is 0 Å². The fraction of sp³-hybridized carbons (Fsp3) is 0.389. The van der Waals surface area contributed by atoms with E-state index < -0.39 is 0 Å². The van der Waals surface area contributed by atoms with Gasteiger partial charge in [0.15, 0.2) is 11.6 Å². The van der Waals surface area contributed by atoms with Crippen LogP contribution in [-0.2, 0) is 6.42 Å². The Hall–Kier alpha value is -2.63. The molecule has 128 valence electrons. The Morgan fingerprint density at radius 2 is 1.88 bits per heavy atom. The molecular weight excluding hydrogens is 304 g/mol. The monoisotopic (exact) mass is 328 g/mol. The number of anilines is 2. The van der Waals surface area contributed by atoms with Gasteiger partial charge in [-0.3, -0.25) is 15.2 Å². The lowest BCUT2D eigenvalue weighted by molar-refractivity contribution is 0.101. The smallest absolute Gasteiger partial charge is 0.308 e. The van der Waals surface area contributed by atoms with Crippen molar-refractivity contribution in [3.63, 3.8) is 0 Å². The molecule has 0 unspecified atom stereocenters. The third-order valence-electron chi connectivity index (χ3n) is 3.46. The number of nitrogens with one attached hydrogen (secondary N) is 3. The zero-order chi connectivity index (χ0) is 17.9. The first kappa shape index (κ1) is 17.7. The highest BCUT2D eigenvalue weighted by molar-refractivity contribution is 6.00. The molecule has 2 amide bonds. The summed E-state index contributed by atoms with van der Waals surface area (Å²) < 4.78 is 0. The SMILES string of the molecule is CC(=O)c1ccc(NC(=O)Nc2cc(CC(C)(C)C)[nH]n2)cc1C. The second-order valence-electron chi connectivity index (χ2n) is 7.18. The summed E-state index contributed by atoms with van der Waals surface area (Å²) >= 11 is 0. The van der Waals surface area contributed by atoms with Crippen molar-refractivity contribution in [3.05, 3.63) is 41.1 Å². The molecule has 1 aromatic carbocycles. The van der Waals surface area contributed by atoms with Crippen molar-refractivity contribution in [1.82, 2.24) is 10.2 Å². The molecule has 0 spiro atoms. The zero-order valence-electron chi connectivity index (χ0n) is 14.8. The number of carbonyl (C=O) groups excluding carboxylic acids is 2. The van der Waals surface area contributed by atoms with Gasteiger partial charge in [0.1, 0.15) is 0 Å². The van der Waals surface area contributed by atoms with Crippen molar-refractivity contribution in [3.8, 4) is 0 Å². The quantitative estimate of drug-likeness (QED) is 0.737. The van der Waals surface area contributed by atoms with E-state index in [0.717, 1.165) is 17.7 Å². The number of aromatic nitrogens is 2. The van der Waals surface area contributed by atoms with Gasteiger partial charge in [-0.05, 0) is 49.4 Å². The fourth-order valence-electron chi connectivity index (χ4n) is 2.50. The minimum Gasteiger partial charge on any atom is -0.308 e. The Morgan fingerprint density at radius 3 is 2.46 bits per heavy atom. The van der Waals surface area contributed by atoms with Crippen LogP contribution in [-0.4, -0.2) is 22.0 Å². The van der Waals surface area contributed by atoms with Gasteiger partial charge in [-0.25, -0.2) is 4.79 Å². The van der Waals surface area contributed by atoms with Crippen molar-refractivity contribution in [2.75, 3.05) is 10.6 Å². The number of hydrogen-bond donors (Lipinski definition) is 3. The largest absolute Gasteiger partial charge is 0.324 e. The zero-order valence-corrected chi connectivity index (χ0v) is 14.8. The number of carbonyl (C=O) groups is 2. The second kappa shape index (κ2) is 6.86. The molecule has 0 fully saturated rings. The number of urea groups is 1. The van der Waals surface area contributed by atoms with Crippen LogP contribution >= 0.6 is 0 Å². The summed E-state index contributed by atoms with van der Waals surface area (Å²) in [6.07, 6.45) is 0.842. The second-order valence-corrected chi connectivity index (χ2v) is 7.18. The first-order chi connectivity index (χ1) is 11.1. The van der Waals surface area contributed by atoms with Gasteiger partial charge in [0.25, 0.3) is 0 Å². The molecule has 0 aliphatic carbocycles. The Labute approximate surface area is 142 Å². The fourth-order valence-corrected chi connectivity index (χ4v) is 2.50. The van der Waals surface area contributed by atoms with Crippen LogP contribution in [0.15, 0.2) is 24.3 Å². The predicted octanol–water partition coefficient (Wildman–Crippen LogP) is 4.15. The van der Waals surface area contributed by atoms with Crippen LogP contribution in [0.25, 0.3) is 0 Å². The summed E-state index contributed by atoms with van der Waals surface area (Å²) in [4.78, 5) is 23.5. The maximum Gasteiger partial charge on any atom is 0.324 e. The van der Waals surface area contributed by atoms with E-state index in [4.69, 9.17) is 0 Å². The molecule has 0 aliphatic rings. The number of benzene rings is 1. The lowest BCUT2D eigenvalue weighted by Gasteiger charge is -2.15. The third kappa shape index (κ3) is 4.94. The summed E-state index contributed by atoms with van der Waals surface area (Å²) in [7, 11) is 0. The number of aromatic amines is 1. The van der Waals surface area contributed by atoms with Crippen LogP contribution in [0.2, 0.25) is 0 Å². The number of rotatable bonds is 4. The van der Waals surface area contributed by atoms with E-state index in [9.17, 15) is 9.59 Å². The van der Waals surface area contributed by atoms with Gasteiger partial charge in [0.2, 0.25) is 0 Å². The molecule has 3 N–H and O–H groups in total. The number of H-pyrrole nitrogens is 1. The number of amides is 2. The topological polar surface area (TPSA) is 86.9 Å². The number of nitrogens with zero attached hydrogens (tertiary/aromatic N) is 1. The van der Waals surface area contributed by atoms with E-state index in [1.807, 2.05) is 13.0 Å². The van der Waals surface area contributed by atoms with Crippen molar-refractivity contribution in [1.29, 1.82) is 0 Å². The van der Waals surface area contributed by atoms with Crippen LogP contribution in [0.5, 0.6) is 0 Å². The third-order valence-corrected chi connectivity index (χ3v) is 3.46. The lowest BCUT2D eigenvalue weighted by Crippen LogP contribution is -2.19. The maximum atomic E-state index is 12.1. The standard InChI is InChI=1S/C18H24N4O2/c1-11-8-13(6-7-15(11)12(2)23)19-17(24)20-16-9-14(21-22-16)10-18(3,4)5/h6-9H,10H2,1-5H3,(H3,19,20,21,22,24). The van der Waals surface area contributed by atoms with Gasteiger partial charge >= 0.3 is 6.03 Å². The summed E-state index contributed by atoms with van der Waals surface area (Å²) in [5.41, 5.74) is 3.22. The molecule has 2 aromatic rings. The molecule has 0 radical (unpaired) electrons. The van der Waals surface area contributed by atoms with Crippen molar-refractivity contribution >= 4 is 23.3 Å². The molecule has 1 aromatic heterocycles. The minimum atomic E-state index is -0.376. The molecule has 0 aliphatic heterocycles. The first-order valence-electron chi connectivity index (χ1n) is 7.88. The van der Waals surface area contributed by atoms with E-state index in [2.05, 4.69) is 41.6 Å². The van der Waals surface area contributed by atoms with Crippen molar-refractivity contribution in [2.24, 2.45) is 5.41 Å². The molecule has 6 nitrogen and oxygen atoms in total.